The molecule has 3 rings (SSSR count). The van der Waals surface area contributed by atoms with Crippen LogP contribution in [-0.2, 0) is 4.79 Å². The minimum atomic E-state index is 0.136. The van der Waals surface area contributed by atoms with Gasteiger partial charge in [-0.05, 0) is 30.5 Å². The van der Waals surface area contributed by atoms with E-state index in [1.807, 2.05) is 12.1 Å². The third-order valence-corrected chi connectivity index (χ3v) is 4.66. The molecule has 1 unspecified atom stereocenters. The smallest absolute Gasteiger partial charge is 0.229 e. The minimum Gasteiger partial charge on any atom is -0.288 e. The number of carbonyl (C=O) groups is 1. The Hall–Kier alpha value is -1.13. The van der Waals surface area contributed by atoms with Crippen LogP contribution in [0.3, 0.4) is 0 Å². The molecule has 1 aliphatic rings. The van der Waals surface area contributed by atoms with E-state index in [4.69, 9.17) is 11.6 Å². The molecule has 18 heavy (non-hydrogen) atoms. The quantitative estimate of drug-likeness (QED) is 0.792. The van der Waals surface area contributed by atoms with E-state index in [9.17, 15) is 4.79 Å². The fraction of sp³-hybridized carbons (Fsp3) is 0.385. The first kappa shape index (κ1) is 11.9. The Balaban J connectivity index is 1.97. The van der Waals surface area contributed by atoms with Gasteiger partial charge in [0, 0.05) is 18.8 Å². The predicted molar refractivity (Wildman–Crippen MR) is 75.5 cm³/mol. The molecule has 1 amide bonds. The van der Waals surface area contributed by atoms with E-state index >= 15 is 0 Å². The first-order valence-electron chi connectivity index (χ1n) is 5.91. The average Bonchev–Trinajstić information content (AvgIpc) is 2.91. The second-order valence-corrected chi connectivity index (χ2v) is 6.01. The molecule has 0 saturated carbocycles. The van der Waals surface area contributed by atoms with E-state index in [-0.39, 0.29) is 11.8 Å². The number of halogens is 1. The molecule has 2 heterocycles. The van der Waals surface area contributed by atoms with Crippen molar-refractivity contribution in [2.45, 2.75) is 13.3 Å². The van der Waals surface area contributed by atoms with Crippen LogP contribution in [0.1, 0.15) is 12.0 Å². The van der Waals surface area contributed by atoms with Crippen molar-refractivity contribution < 1.29 is 4.79 Å². The van der Waals surface area contributed by atoms with Gasteiger partial charge < -0.3 is 0 Å². The predicted octanol–water partition coefficient (Wildman–Crippen LogP) is 3.20. The molecule has 1 saturated heterocycles. The van der Waals surface area contributed by atoms with Gasteiger partial charge in [0.2, 0.25) is 5.91 Å². The zero-order chi connectivity index (χ0) is 12.7. The molecule has 0 spiro atoms. The fourth-order valence-corrected chi connectivity index (χ4v) is 3.50. The lowest BCUT2D eigenvalue weighted by Gasteiger charge is -2.11. The number of hydrogen-bond donors (Lipinski definition) is 0. The Bertz CT molecular complexity index is 610. The normalized spacial score (nSPS) is 20.0. The van der Waals surface area contributed by atoms with Gasteiger partial charge in [-0.25, -0.2) is 4.98 Å². The van der Waals surface area contributed by atoms with Crippen molar-refractivity contribution in [3.63, 3.8) is 0 Å². The van der Waals surface area contributed by atoms with Crippen molar-refractivity contribution in [2.24, 2.45) is 5.92 Å². The van der Waals surface area contributed by atoms with Crippen LogP contribution in [0.25, 0.3) is 10.2 Å². The number of anilines is 1. The van der Waals surface area contributed by atoms with Crippen molar-refractivity contribution in [2.75, 3.05) is 17.3 Å². The molecule has 2 aromatic rings. The molecule has 3 nitrogen and oxygen atoms in total. The van der Waals surface area contributed by atoms with Crippen LogP contribution in [0, 0.1) is 12.8 Å². The van der Waals surface area contributed by atoms with Crippen LogP contribution >= 0.6 is 22.9 Å². The molecule has 0 radical (unpaired) electrons. The topological polar surface area (TPSA) is 33.2 Å². The SMILES string of the molecule is Cc1ccc2nc(N3CC(CCl)CC3=O)sc2c1. The first-order chi connectivity index (χ1) is 8.67. The van der Waals surface area contributed by atoms with Crippen LogP contribution in [-0.4, -0.2) is 23.3 Å². The van der Waals surface area contributed by atoms with Crippen molar-refractivity contribution in [1.29, 1.82) is 0 Å². The molecular formula is C13H13ClN2OS. The highest BCUT2D eigenvalue weighted by atomic mass is 35.5. The molecule has 1 atom stereocenters. The van der Waals surface area contributed by atoms with Crippen LogP contribution in [0.15, 0.2) is 18.2 Å². The number of hydrogen-bond acceptors (Lipinski definition) is 3. The maximum Gasteiger partial charge on any atom is 0.229 e. The number of aryl methyl sites for hydroxylation is 1. The van der Waals surface area contributed by atoms with E-state index < -0.39 is 0 Å². The lowest BCUT2D eigenvalue weighted by Crippen LogP contribution is -2.24. The van der Waals surface area contributed by atoms with E-state index in [2.05, 4.69) is 18.0 Å². The number of thiazole rings is 1. The minimum absolute atomic E-state index is 0.136. The van der Waals surface area contributed by atoms with Crippen molar-refractivity contribution in [3.05, 3.63) is 23.8 Å². The molecule has 1 aliphatic heterocycles. The number of benzene rings is 1. The molecule has 0 bridgehead atoms. The number of aromatic nitrogens is 1. The lowest BCUT2D eigenvalue weighted by atomic mass is 10.2. The number of amides is 1. The zero-order valence-electron chi connectivity index (χ0n) is 10.0. The van der Waals surface area contributed by atoms with E-state index in [1.165, 1.54) is 5.56 Å². The summed E-state index contributed by atoms with van der Waals surface area (Å²) in [6, 6.07) is 6.15. The van der Waals surface area contributed by atoms with E-state index in [0.717, 1.165) is 15.3 Å². The monoisotopic (exact) mass is 280 g/mol. The Morgan fingerprint density at radius 3 is 3.11 bits per heavy atom. The second-order valence-electron chi connectivity index (χ2n) is 4.70. The molecule has 0 N–H and O–H groups in total. The molecule has 1 aromatic carbocycles. The van der Waals surface area contributed by atoms with Gasteiger partial charge in [0.05, 0.1) is 10.2 Å². The summed E-state index contributed by atoms with van der Waals surface area (Å²) in [4.78, 5) is 18.2. The Kier molecular flexibility index (Phi) is 2.99. The third kappa shape index (κ3) is 1.99. The summed E-state index contributed by atoms with van der Waals surface area (Å²) in [6.45, 7) is 2.75. The summed E-state index contributed by atoms with van der Waals surface area (Å²) in [6.07, 6.45) is 0.540. The summed E-state index contributed by atoms with van der Waals surface area (Å²) in [7, 11) is 0. The Morgan fingerprint density at radius 1 is 1.56 bits per heavy atom. The molecule has 5 heteroatoms. The van der Waals surface area contributed by atoms with Gasteiger partial charge in [0.25, 0.3) is 0 Å². The highest BCUT2D eigenvalue weighted by Crippen LogP contribution is 2.33. The van der Waals surface area contributed by atoms with Crippen LogP contribution < -0.4 is 4.90 Å². The zero-order valence-corrected chi connectivity index (χ0v) is 11.6. The highest BCUT2D eigenvalue weighted by Gasteiger charge is 2.31. The Morgan fingerprint density at radius 2 is 2.39 bits per heavy atom. The average molecular weight is 281 g/mol. The summed E-state index contributed by atoms with van der Waals surface area (Å²) >= 11 is 7.41. The van der Waals surface area contributed by atoms with E-state index in [1.54, 1.807) is 16.2 Å². The summed E-state index contributed by atoms with van der Waals surface area (Å²) in [5.41, 5.74) is 2.17. The molecule has 0 aliphatic carbocycles. The van der Waals surface area contributed by atoms with Gasteiger partial charge in [-0.2, -0.15) is 0 Å². The number of fused-ring (bicyclic) bond motifs is 1. The van der Waals surface area contributed by atoms with Crippen LogP contribution in [0.4, 0.5) is 5.13 Å². The molecule has 1 fully saturated rings. The van der Waals surface area contributed by atoms with Gasteiger partial charge in [0.1, 0.15) is 0 Å². The van der Waals surface area contributed by atoms with Crippen LogP contribution in [0.5, 0.6) is 0 Å². The number of nitrogens with zero attached hydrogens (tertiary/aromatic N) is 2. The van der Waals surface area contributed by atoms with Crippen molar-refractivity contribution in [3.8, 4) is 0 Å². The standard InChI is InChI=1S/C13H13ClN2OS/c1-8-2-3-10-11(4-8)18-13(15-10)16-7-9(6-14)5-12(16)17/h2-4,9H,5-7H2,1H3. The maximum atomic E-state index is 11.9. The second kappa shape index (κ2) is 4.52. The Labute approximate surface area is 114 Å². The van der Waals surface area contributed by atoms with Gasteiger partial charge in [-0.3, -0.25) is 9.69 Å². The van der Waals surface area contributed by atoms with Gasteiger partial charge in [-0.15, -0.1) is 11.6 Å². The van der Waals surface area contributed by atoms with Gasteiger partial charge >= 0.3 is 0 Å². The largest absolute Gasteiger partial charge is 0.288 e. The maximum absolute atomic E-state index is 11.9. The summed E-state index contributed by atoms with van der Waals surface area (Å²) in [5, 5.41) is 0.799. The van der Waals surface area contributed by atoms with Crippen LogP contribution in [0.2, 0.25) is 0 Å². The third-order valence-electron chi connectivity index (χ3n) is 3.19. The van der Waals surface area contributed by atoms with Gasteiger partial charge in [-0.1, -0.05) is 17.4 Å². The molecule has 94 valence electrons. The van der Waals surface area contributed by atoms with E-state index in [0.29, 0.717) is 18.8 Å². The highest BCUT2D eigenvalue weighted by molar-refractivity contribution is 7.22. The molecular weight excluding hydrogens is 268 g/mol. The fourth-order valence-electron chi connectivity index (χ4n) is 2.20. The van der Waals surface area contributed by atoms with Crippen molar-refractivity contribution in [1.82, 2.24) is 4.98 Å². The molecule has 1 aromatic heterocycles. The number of rotatable bonds is 2. The lowest BCUT2D eigenvalue weighted by molar-refractivity contribution is -0.117. The van der Waals surface area contributed by atoms with Crippen molar-refractivity contribution >= 4 is 44.2 Å². The van der Waals surface area contributed by atoms with Gasteiger partial charge in [0.15, 0.2) is 5.13 Å². The summed E-state index contributed by atoms with van der Waals surface area (Å²) in [5.74, 6) is 0.927. The number of alkyl halides is 1. The summed E-state index contributed by atoms with van der Waals surface area (Å²) < 4.78 is 1.13. The first-order valence-corrected chi connectivity index (χ1v) is 7.26. The number of carbonyl (C=O) groups excluding carboxylic acids is 1.